The Bertz CT molecular complexity index is 720. The van der Waals surface area contributed by atoms with Crippen LogP contribution in [0.3, 0.4) is 0 Å². The third-order valence-corrected chi connectivity index (χ3v) is 2.84. The number of nitrogens with zero attached hydrogens (tertiary/aromatic N) is 1. The number of hydrogen-bond donors (Lipinski definition) is 1. The van der Waals surface area contributed by atoms with Crippen molar-refractivity contribution >= 4 is 5.97 Å². The molecular formula is C15H10FNO3. The number of carboxylic acids is 1. The first-order chi connectivity index (χ1) is 9.58. The fraction of sp³-hybridized carbons (Fsp3) is 0.0667. The SMILES string of the molecule is COc1c(C(=O)O)cccc1-c1cc(C#N)ccc1F. The van der Waals surface area contributed by atoms with Gasteiger partial charge in [0.05, 0.1) is 18.7 Å². The largest absolute Gasteiger partial charge is 0.495 e. The van der Waals surface area contributed by atoms with Gasteiger partial charge in [-0.3, -0.25) is 0 Å². The van der Waals surface area contributed by atoms with Crippen LogP contribution in [-0.2, 0) is 0 Å². The molecule has 0 unspecified atom stereocenters. The highest BCUT2D eigenvalue weighted by Gasteiger charge is 2.18. The molecule has 0 spiro atoms. The number of para-hydroxylation sites is 1. The Morgan fingerprint density at radius 3 is 2.65 bits per heavy atom. The molecule has 0 aliphatic carbocycles. The van der Waals surface area contributed by atoms with Crippen LogP contribution in [0.1, 0.15) is 15.9 Å². The number of ether oxygens (including phenoxy) is 1. The number of nitriles is 1. The van der Waals surface area contributed by atoms with Crippen molar-refractivity contribution in [1.82, 2.24) is 0 Å². The number of aromatic carboxylic acids is 1. The summed E-state index contributed by atoms with van der Waals surface area (Å²) in [4.78, 5) is 11.1. The van der Waals surface area contributed by atoms with Gasteiger partial charge >= 0.3 is 5.97 Å². The van der Waals surface area contributed by atoms with E-state index in [2.05, 4.69) is 0 Å². The van der Waals surface area contributed by atoms with Crippen molar-refractivity contribution in [3.05, 3.63) is 53.3 Å². The highest BCUT2D eigenvalue weighted by atomic mass is 19.1. The Kier molecular flexibility index (Phi) is 3.67. The molecule has 0 heterocycles. The average Bonchev–Trinajstić information content (AvgIpc) is 2.46. The third-order valence-electron chi connectivity index (χ3n) is 2.84. The van der Waals surface area contributed by atoms with Gasteiger partial charge < -0.3 is 9.84 Å². The number of benzene rings is 2. The normalized spacial score (nSPS) is 9.85. The standard InChI is InChI=1S/C15H10FNO3/c1-20-14-10(3-2-4-11(14)15(18)19)12-7-9(8-17)5-6-13(12)16/h2-7H,1H3,(H,18,19). The van der Waals surface area contributed by atoms with Crippen molar-refractivity contribution in [3.63, 3.8) is 0 Å². The van der Waals surface area contributed by atoms with E-state index in [1.165, 1.54) is 37.4 Å². The molecule has 5 heteroatoms. The highest BCUT2D eigenvalue weighted by Crippen LogP contribution is 2.35. The van der Waals surface area contributed by atoms with E-state index in [0.717, 1.165) is 0 Å². The van der Waals surface area contributed by atoms with Crippen LogP contribution in [0.5, 0.6) is 5.75 Å². The maximum Gasteiger partial charge on any atom is 0.339 e. The van der Waals surface area contributed by atoms with Crippen LogP contribution in [0.4, 0.5) is 4.39 Å². The molecule has 0 saturated carbocycles. The second kappa shape index (κ2) is 5.41. The molecule has 20 heavy (non-hydrogen) atoms. The van der Waals surface area contributed by atoms with Gasteiger partial charge in [-0.2, -0.15) is 5.26 Å². The van der Waals surface area contributed by atoms with E-state index in [-0.39, 0.29) is 22.4 Å². The summed E-state index contributed by atoms with van der Waals surface area (Å²) in [7, 11) is 1.32. The van der Waals surface area contributed by atoms with Crippen molar-refractivity contribution < 1.29 is 19.0 Å². The van der Waals surface area contributed by atoms with Crippen LogP contribution in [0.2, 0.25) is 0 Å². The van der Waals surface area contributed by atoms with Gasteiger partial charge in [-0.05, 0) is 24.3 Å². The van der Waals surface area contributed by atoms with Gasteiger partial charge in [-0.1, -0.05) is 12.1 Å². The molecule has 0 radical (unpaired) electrons. The summed E-state index contributed by atoms with van der Waals surface area (Å²) in [5.41, 5.74) is 0.641. The lowest BCUT2D eigenvalue weighted by Crippen LogP contribution is -2.02. The first kappa shape index (κ1) is 13.6. The van der Waals surface area contributed by atoms with Gasteiger partial charge in [-0.15, -0.1) is 0 Å². The summed E-state index contributed by atoms with van der Waals surface area (Å²) >= 11 is 0. The van der Waals surface area contributed by atoms with Crippen molar-refractivity contribution in [2.24, 2.45) is 0 Å². The van der Waals surface area contributed by atoms with Crippen molar-refractivity contribution in [2.75, 3.05) is 7.11 Å². The van der Waals surface area contributed by atoms with Crippen LogP contribution in [-0.4, -0.2) is 18.2 Å². The summed E-state index contributed by atoms with van der Waals surface area (Å²) in [5, 5.41) is 18.0. The molecule has 0 aliphatic rings. The van der Waals surface area contributed by atoms with Crippen LogP contribution >= 0.6 is 0 Å². The molecule has 0 saturated heterocycles. The predicted molar refractivity (Wildman–Crippen MR) is 70.1 cm³/mol. The minimum absolute atomic E-state index is 0.0632. The summed E-state index contributed by atoms with van der Waals surface area (Å²) in [6, 6.07) is 10.2. The van der Waals surface area contributed by atoms with Gasteiger partial charge in [-0.25, -0.2) is 9.18 Å². The molecule has 2 rings (SSSR count). The zero-order chi connectivity index (χ0) is 14.7. The topological polar surface area (TPSA) is 70.3 Å². The molecule has 0 aromatic heterocycles. The molecule has 2 aromatic rings. The van der Waals surface area contributed by atoms with Gasteiger partial charge in [0.25, 0.3) is 0 Å². The van der Waals surface area contributed by atoms with Crippen molar-refractivity contribution in [1.29, 1.82) is 5.26 Å². The first-order valence-electron chi connectivity index (χ1n) is 5.68. The fourth-order valence-electron chi connectivity index (χ4n) is 1.94. The molecule has 0 aliphatic heterocycles. The number of carbonyl (C=O) groups is 1. The Hall–Kier alpha value is -2.87. The Morgan fingerprint density at radius 2 is 2.05 bits per heavy atom. The second-order valence-electron chi connectivity index (χ2n) is 4.00. The molecule has 100 valence electrons. The number of halogens is 1. The predicted octanol–water partition coefficient (Wildman–Crippen LogP) is 3.07. The van der Waals surface area contributed by atoms with E-state index in [0.29, 0.717) is 5.56 Å². The van der Waals surface area contributed by atoms with Gasteiger partial charge in [0.1, 0.15) is 17.1 Å². The average molecular weight is 271 g/mol. The lowest BCUT2D eigenvalue weighted by Gasteiger charge is -2.12. The molecule has 0 amide bonds. The smallest absolute Gasteiger partial charge is 0.339 e. The third kappa shape index (κ3) is 2.31. The van der Waals surface area contributed by atoms with Crippen molar-refractivity contribution in [2.45, 2.75) is 0 Å². The molecule has 0 bridgehead atoms. The van der Waals surface area contributed by atoms with Crippen molar-refractivity contribution in [3.8, 4) is 22.9 Å². The van der Waals surface area contributed by atoms with Crippen LogP contribution < -0.4 is 4.74 Å². The van der Waals surface area contributed by atoms with Gasteiger partial charge in [0.15, 0.2) is 0 Å². The fourth-order valence-corrected chi connectivity index (χ4v) is 1.94. The van der Waals surface area contributed by atoms with Gasteiger partial charge in [0, 0.05) is 11.1 Å². The van der Waals surface area contributed by atoms with E-state index < -0.39 is 11.8 Å². The van der Waals surface area contributed by atoms with E-state index >= 15 is 0 Å². The zero-order valence-electron chi connectivity index (χ0n) is 10.6. The minimum Gasteiger partial charge on any atom is -0.495 e. The van der Waals surface area contributed by atoms with E-state index in [1.54, 1.807) is 6.07 Å². The summed E-state index contributed by atoms with van der Waals surface area (Å²) < 4.78 is 19.0. The number of methoxy groups -OCH3 is 1. The maximum absolute atomic E-state index is 13.9. The van der Waals surface area contributed by atoms with Crippen LogP contribution in [0.25, 0.3) is 11.1 Å². The molecule has 2 aromatic carbocycles. The maximum atomic E-state index is 13.9. The molecule has 4 nitrogen and oxygen atoms in total. The summed E-state index contributed by atoms with van der Waals surface area (Å²) in [5.74, 6) is -1.65. The summed E-state index contributed by atoms with van der Waals surface area (Å²) in [6.45, 7) is 0. The lowest BCUT2D eigenvalue weighted by atomic mass is 9.99. The minimum atomic E-state index is -1.17. The highest BCUT2D eigenvalue weighted by molar-refractivity contribution is 5.94. The van der Waals surface area contributed by atoms with Crippen LogP contribution in [0.15, 0.2) is 36.4 Å². The molecular weight excluding hydrogens is 261 g/mol. The lowest BCUT2D eigenvalue weighted by molar-refractivity contribution is 0.0693. The number of hydrogen-bond acceptors (Lipinski definition) is 3. The first-order valence-corrected chi connectivity index (χ1v) is 5.68. The summed E-state index contributed by atoms with van der Waals surface area (Å²) in [6.07, 6.45) is 0. The van der Waals surface area contributed by atoms with Gasteiger partial charge in [0.2, 0.25) is 0 Å². The molecule has 1 N–H and O–H groups in total. The molecule has 0 atom stereocenters. The van der Waals surface area contributed by atoms with Crippen LogP contribution in [0, 0.1) is 17.1 Å². The van der Waals surface area contributed by atoms with E-state index in [9.17, 15) is 9.18 Å². The van der Waals surface area contributed by atoms with E-state index in [1.807, 2.05) is 6.07 Å². The zero-order valence-corrected chi connectivity index (χ0v) is 10.6. The Labute approximate surface area is 114 Å². The number of rotatable bonds is 3. The Balaban J connectivity index is 2.73. The number of carboxylic acid groups (broad SMARTS) is 1. The van der Waals surface area contributed by atoms with E-state index in [4.69, 9.17) is 15.1 Å². The quantitative estimate of drug-likeness (QED) is 0.931. The Morgan fingerprint density at radius 1 is 1.30 bits per heavy atom. The second-order valence-corrected chi connectivity index (χ2v) is 4.00. The monoisotopic (exact) mass is 271 g/mol. The molecule has 0 fully saturated rings.